The number of nitrogens with two attached hydrogens (primary N) is 1. The van der Waals surface area contributed by atoms with Crippen LogP contribution < -0.4 is 16.6 Å². The lowest BCUT2D eigenvalue weighted by molar-refractivity contribution is -0.130. The number of fused-ring (bicyclic) bond motifs is 1. The molecule has 2 amide bonds. The number of carbonyl (C=O) groups is 2. The molecule has 3 unspecified atom stereocenters. The van der Waals surface area contributed by atoms with Crippen molar-refractivity contribution in [3.63, 3.8) is 0 Å². The third-order valence-electron chi connectivity index (χ3n) is 4.30. The molecule has 0 aromatic carbocycles. The van der Waals surface area contributed by atoms with Crippen molar-refractivity contribution in [3.8, 4) is 0 Å². The molecule has 0 bridgehead atoms. The van der Waals surface area contributed by atoms with Gasteiger partial charge in [0.25, 0.3) is 5.91 Å². The van der Waals surface area contributed by atoms with Crippen molar-refractivity contribution < 1.29 is 9.59 Å². The normalized spacial score (nSPS) is 29.3. The average molecular weight is 268 g/mol. The second-order valence-electron chi connectivity index (χ2n) is 5.57. The highest BCUT2D eigenvalue weighted by molar-refractivity contribution is 5.81. The first-order valence-electron chi connectivity index (χ1n) is 7.19. The summed E-state index contributed by atoms with van der Waals surface area (Å²) in [5.41, 5.74) is 2.28. The Morgan fingerprint density at radius 3 is 3.05 bits per heavy atom. The first-order chi connectivity index (χ1) is 9.15. The minimum Gasteiger partial charge on any atom is -0.353 e. The molecule has 2 heterocycles. The molecule has 0 aromatic rings. The molecule has 6 heteroatoms. The van der Waals surface area contributed by atoms with Gasteiger partial charge in [0.05, 0.1) is 6.04 Å². The molecule has 0 saturated carbocycles. The van der Waals surface area contributed by atoms with Crippen LogP contribution >= 0.6 is 0 Å². The van der Waals surface area contributed by atoms with Gasteiger partial charge in [0.1, 0.15) is 0 Å². The number of amides is 2. The molecule has 19 heavy (non-hydrogen) atoms. The van der Waals surface area contributed by atoms with Crippen LogP contribution in [0.1, 0.15) is 39.0 Å². The minimum absolute atomic E-state index is 0.0971. The maximum atomic E-state index is 11.9. The lowest BCUT2D eigenvalue weighted by Crippen LogP contribution is -2.58. The van der Waals surface area contributed by atoms with E-state index in [0.29, 0.717) is 18.4 Å². The lowest BCUT2D eigenvalue weighted by atomic mass is 9.84. The van der Waals surface area contributed by atoms with E-state index in [-0.39, 0.29) is 17.9 Å². The molecule has 0 spiro atoms. The highest BCUT2D eigenvalue weighted by Gasteiger charge is 2.37. The Hall–Kier alpha value is -1.14. The maximum Gasteiger partial charge on any atom is 0.251 e. The zero-order valence-corrected chi connectivity index (χ0v) is 11.5. The van der Waals surface area contributed by atoms with Crippen molar-refractivity contribution >= 4 is 11.8 Å². The average Bonchev–Trinajstić information content (AvgIpc) is 2.43. The minimum atomic E-state index is -0.131. The summed E-state index contributed by atoms with van der Waals surface area (Å²) in [5.74, 6) is 5.81. The standard InChI is InChI=1S/C13H24N4O2/c1-2-3-11(13(19)16-14)17-7-6-10-9(8-17)4-5-12(18)15-10/h9-11H,2-8,14H2,1H3,(H,15,18)(H,16,19). The first-order valence-corrected chi connectivity index (χ1v) is 7.19. The number of rotatable bonds is 4. The molecule has 2 fully saturated rings. The monoisotopic (exact) mass is 268 g/mol. The van der Waals surface area contributed by atoms with Gasteiger partial charge in [0.2, 0.25) is 5.91 Å². The Bertz CT molecular complexity index is 348. The van der Waals surface area contributed by atoms with Gasteiger partial charge >= 0.3 is 0 Å². The summed E-state index contributed by atoms with van der Waals surface area (Å²) in [5, 5.41) is 3.06. The van der Waals surface area contributed by atoms with Crippen LogP contribution in [0.5, 0.6) is 0 Å². The zero-order chi connectivity index (χ0) is 13.8. The second kappa shape index (κ2) is 6.34. The van der Waals surface area contributed by atoms with Gasteiger partial charge in [-0.1, -0.05) is 13.3 Å². The Balaban J connectivity index is 1.98. The molecule has 0 aliphatic carbocycles. The number of nitrogens with zero attached hydrogens (tertiary/aromatic N) is 1. The van der Waals surface area contributed by atoms with Crippen LogP contribution in [0.2, 0.25) is 0 Å². The summed E-state index contributed by atoms with van der Waals surface area (Å²) in [6.45, 7) is 3.80. The second-order valence-corrected chi connectivity index (χ2v) is 5.57. The quantitative estimate of drug-likeness (QED) is 0.372. The van der Waals surface area contributed by atoms with Crippen molar-refractivity contribution in [1.82, 2.24) is 15.6 Å². The topological polar surface area (TPSA) is 87.5 Å². The van der Waals surface area contributed by atoms with E-state index in [1.54, 1.807) is 0 Å². The number of carbonyl (C=O) groups excluding carboxylic acids is 2. The molecule has 108 valence electrons. The number of hydrazine groups is 1. The number of nitrogens with one attached hydrogen (secondary N) is 2. The number of hydrogen-bond acceptors (Lipinski definition) is 4. The summed E-state index contributed by atoms with van der Waals surface area (Å²) in [7, 11) is 0. The van der Waals surface area contributed by atoms with Gasteiger partial charge in [0.15, 0.2) is 0 Å². The Labute approximate surface area is 114 Å². The Kier molecular flexibility index (Phi) is 4.76. The summed E-state index contributed by atoms with van der Waals surface area (Å²) in [4.78, 5) is 25.5. The van der Waals surface area contributed by atoms with E-state index in [1.165, 1.54) is 0 Å². The maximum absolute atomic E-state index is 11.9. The van der Waals surface area contributed by atoms with Crippen molar-refractivity contribution in [2.45, 2.75) is 51.1 Å². The summed E-state index contributed by atoms with van der Waals surface area (Å²) < 4.78 is 0. The van der Waals surface area contributed by atoms with Gasteiger partial charge in [0, 0.05) is 25.6 Å². The third kappa shape index (κ3) is 3.25. The van der Waals surface area contributed by atoms with Crippen LogP contribution in [0.4, 0.5) is 0 Å². The zero-order valence-electron chi connectivity index (χ0n) is 11.5. The van der Waals surface area contributed by atoms with E-state index in [0.717, 1.165) is 38.8 Å². The third-order valence-corrected chi connectivity index (χ3v) is 4.30. The smallest absolute Gasteiger partial charge is 0.251 e. The largest absolute Gasteiger partial charge is 0.353 e. The van der Waals surface area contributed by atoms with E-state index >= 15 is 0 Å². The summed E-state index contributed by atoms with van der Waals surface area (Å²) in [6, 6.07) is 0.161. The first kappa shape index (κ1) is 14.3. The molecule has 6 nitrogen and oxygen atoms in total. The predicted octanol–water partition coefficient (Wildman–Crippen LogP) is -0.254. The van der Waals surface area contributed by atoms with E-state index in [2.05, 4.69) is 22.6 Å². The molecule has 2 rings (SSSR count). The number of likely N-dealkylation sites (tertiary alicyclic amines) is 1. The van der Waals surface area contributed by atoms with E-state index in [4.69, 9.17) is 5.84 Å². The molecule has 2 aliphatic heterocycles. The molecule has 3 atom stereocenters. The van der Waals surface area contributed by atoms with Crippen LogP contribution in [0.25, 0.3) is 0 Å². The van der Waals surface area contributed by atoms with Gasteiger partial charge in [-0.15, -0.1) is 0 Å². The van der Waals surface area contributed by atoms with Crippen LogP contribution in [0.3, 0.4) is 0 Å². The van der Waals surface area contributed by atoms with Crippen LogP contribution in [-0.4, -0.2) is 41.9 Å². The van der Waals surface area contributed by atoms with Crippen LogP contribution in [0, 0.1) is 5.92 Å². The molecular weight excluding hydrogens is 244 g/mol. The molecule has 4 N–H and O–H groups in total. The fourth-order valence-corrected chi connectivity index (χ4v) is 3.27. The van der Waals surface area contributed by atoms with Crippen LogP contribution in [0.15, 0.2) is 0 Å². The van der Waals surface area contributed by atoms with Gasteiger partial charge in [-0.3, -0.25) is 19.9 Å². The molecule has 0 radical (unpaired) electrons. The molecule has 0 aromatic heterocycles. The summed E-state index contributed by atoms with van der Waals surface area (Å²) >= 11 is 0. The molecule has 2 saturated heterocycles. The van der Waals surface area contributed by atoms with Crippen LogP contribution in [-0.2, 0) is 9.59 Å². The van der Waals surface area contributed by atoms with E-state index in [9.17, 15) is 9.59 Å². The fraction of sp³-hybridized carbons (Fsp3) is 0.846. The van der Waals surface area contributed by atoms with Gasteiger partial charge in [-0.2, -0.15) is 0 Å². The summed E-state index contributed by atoms with van der Waals surface area (Å²) in [6.07, 6.45) is 4.24. The fourth-order valence-electron chi connectivity index (χ4n) is 3.27. The van der Waals surface area contributed by atoms with E-state index < -0.39 is 0 Å². The van der Waals surface area contributed by atoms with Crippen molar-refractivity contribution in [1.29, 1.82) is 0 Å². The van der Waals surface area contributed by atoms with Crippen molar-refractivity contribution in [2.75, 3.05) is 13.1 Å². The Morgan fingerprint density at radius 1 is 1.58 bits per heavy atom. The van der Waals surface area contributed by atoms with Crippen molar-refractivity contribution in [3.05, 3.63) is 0 Å². The molecule has 2 aliphatic rings. The van der Waals surface area contributed by atoms with E-state index in [1.807, 2.05) is 0 Å². The van der Waals surface area contributed by atoms with Gasteiger partial charge in [-0.05, 0) is 25.2 Å². The lowest BCUT2D eigenvalue weighted by Gasteiger charge is -2.43. The van der Waals surface area contributed by atoms with Gasteiger partial charge < -0.3 is 5.32 Å². The predicted molar refractivity (Wildman–Crippen MR) is 71.9 cm³/mol. The van der Waals surface area contributed by atoms with Crippen molar-refractivity contribution in [2.24, 2.45) is 11.8 Å². The highest BCUT2D eigenvalue weighted by Crippen LogP contribution is 2.27. The number of piperidine rings is 2. The molecular formula is C13H24N4O2. The Morgan fingerprint density at radius 2 is 2.37 bits per heavy atom. The SMILES string of the molecule is CCCC(C(=O)NN)N1CCC2NC(=O)CCC2C1. The highest BCUT2D eigenvalue weighted by atomic mass is 16.2. The van der Waals surface area contributed by atoms with Gasteiger partial charge in [-0.25, -0.2) is 5.84 Å². The number of hydrogen-bond donors (Lipinski definition) is 3.